The van der Waals surface area contributed by atoms with Crippen LogP contribution in [0.4, 0.5) is 11.4 Å². The van der Waals surface area contributed by atoms with E-state index in [4.69, 9.17) is 29.3 Å². The lowest BCUT2D eigenvalue weighted by Gasteiger charge is -2.33. The molecule has 0 fully saturated rings. The van der Waals surface area contributed by atoms with E-state index in [2.05, 4.69) is 0 Å². The summed E-state index contributed by atoms with van der Waals surface area (Å²) in [6.07, 6.45) is 0.328. The van der Waals surface area contributed by atoms with E-state index in [-0.39, 0.29) is 13.3 Å². The third-order valence-electron chi connectivity index (χ3n) is 3.76. The normalized spacial score (nSPS) is 17.5. The molecule has 3 rings (SSSR count). The molecule has 134 valence electrons. The first-order valence-corrected chi connectivity index (χ1v) is 8.98. The van der Waals surface area contributed by atoms with Crippen LogP contribution in [-0.2, 0) is 4.74 Å². The fraction of sp³-hybridized carbons (Fsp3) is 0.368. The second kappa shape index (κ2) is 8.32. The summed E-state index contributed by atoms with van der Waals surface area (Å²) in [7, 11) is 1.55. The van der Waals surface area contributed by atoms with E-state index >= 15 is 0 Å². The quantitative estimate of drug-likeness (QED) is 0.634. The highest BCUT2D eigenvalue weighted by molar-refractivity contribution is 7.99. The van der Waals surface area contributed by atoms with Crippen molar-refractivity contribution in [3.8, 4) is 5.75 Å². The lowest BCUT2D eigenvalue weighted by Crippen LogP contribution is -2.25. The molecule has 25 heavy (non-hydrogen) atoms. The topological polar surface area (TPSA) is 24.9 Å². The summed E-state index contributed by atoms with van der Waals surface area (Å²) in [6.45, 7) is -4.94. The van der Waals surface area contributed by atoms with Gasteiger partial charge in [-0.3, -0.25) is 0 Å². The zero-order chi connectivity index (χ0) is 22.8. The van der Waals surface area contributed by atoms with E-state index < -0.39 is 14.0 Å². The van der Waals surface area contributed by atoms with Gasteiger partial charge in [-0.05, 0) is 63.3 Å². The van der Waals surface area contributed by atoms with E-state index in [1.165, 1.54) is 0 Å². The van der Waals surface area contributed by atoms with Gasteiger partial charge in [0.25, 0.3) is 0 Å². The Morgan fingerprint density at radius 2 is 2.04 bits per heavy atom. The van der Waals surface area contributed by atoms with Gasteiger partial charge in [-0.1, -0.05) is 23.4 Å². The first-order valence-electron chi connectivity index (χ1n) is 10.8. The molecule has 0 saturated heterocycles. The second-order valence-corrected chi connectivity index (χ2v) is 7.07. The average molecular weight is 385 g/mol. The molecule has 2 aromatic carbocycles. The summed E-state index contributed by atoms with van der Waals surface area (Å²) in [6, 6.07) is 11.3. The summed E-state index contributed by atoms with van der Waals surface area (Å²) in [4.78, 5) is 4.57. The molecule has 1 aliphatic heterocycles. The maximum absolute atomic E-state index is 7.55. The highest BCUT2D eigenvalue weighted by Crippen LogP contribution is 2.49. The standard InChI is InChI=1S/C19H23ClN2O2S/c1-21(2)9-4-10-22-16-7-6-15(24-13-23-3)12-19(16)25-18-8-5-14(20)11-17(18)22/h5-8,11-12H,4,9-10,13H2,1-3H3/i1D3,2D3. The average Bonchev–Trinajstić information content (AvgIpc) is 2.67. The fourth-order valence-electron chi connectivity index (χ4n) is 2.68. The molecule has 2 aromatic rings. The lowest BCUT2D eigenvalue weighted by atomic mass is 10.2. The van der Waals surface area contributed by atoms with E-state index in [9.17, 15) is 0 Å². The number of benzene rings is 2. The van der Waals surface area contributed by atoms with E-state index in [0.717, 1.165) is 21.2 Å². The zero-order valence-corrected chi connectivity index (χ0v) is 15.4. The van der Waals surface area contributed by atoms with Crippen molar-refractivity contribution in [2.24, 2.45) is 0 Å². The second-order valence-electron chi connectivity index (χ2n) is 5.55. The number of hydrogen-bond acceptors (Lipinski definition) is 5. The van der Waals surface area contributed by atoms with Crippen molar-refractivity contribution >= 4 is 34.7 Å². The van der Waals surface area contributed by atoms with Gasteiger partial charge in [0.1, 0.15) is 5.75 Å². The molecule has 0 atom stereocenters. The Labute approximate surface area is 167 Å². The Balaban J connectivity index is 1.86. The first-order chi connectivity index (χ1) is 14.5. The number of halogens is 1. The van der Waals surface area contributed by atoms with Gasteiger partial charge in [-0.25, -0.2) is 0 Å². The Kier molecular flexibility index (Phi) is 4.02. The summed E-state index contributed by atoms with van der Waals surface area (Å²) >= 11 is 7.81. The van der Waals surface area contributed by atoms with Crippen molar-refractivity contribution in [1.82, 2.24) is 4.90 Å². The molecule has 0 radical (unpaired) electrons. The number of anilines is 2. The molecule has 1 aliphatic rings. The maximum Gasteiger partial charge on any atom is 0.188 e. The van der Waals surface area contributed by atoms with Crippen LogP contribution in [0.2, 0.25) is 5.02 Å². The third-order valence-corrected chi connectivity index (χ3v) is 5.11. The predicted molar refractivity (Wildman–Crippen MR) is 105 cm³/mol. The van der Waals surface area contributed by atoms with Crippen LogP contribution in [0.15, 0.2) is 46.2 Å². The van der Waals surface area contributed by atoms with Crippen LogP contribution in [0.1, 0.15) is 14.6 Å². The summed E-state index contributed by atoms with van der Waals surface area (Å²) < 4.78 is 55.8. The van der Waals surface area contributed by atoms with Gasteiger partial charge in [-0.15, -0.1) is 0 Å². The zero-order valence-electron chi connectivity index (χ0n) is 19.8. The van der Waals surface area contributed by atoms with Gasteiger partial charge in [-0.2, -0.15) is 0 Å². The highest BCUT2D eigenvalue weighted by atomic mass is 35.5. The molecule has 0 saturated carbocycles. The Morgan fingerprint density at radius 1 is 1.16 bits per heavy atom. The molecule has 0 bridgehead atoms. The van der Waals surface area contributed by atoms with Gasteiger partial charge in [0.05, 0.1) is 11.4 Å². The molecule has 0 N–H and O–H groups in total. The number of methoxy groups -OCH3 is 1. The monoisotopic (exact) mass is 384 g/mol. The molecule has 1 heterocycles. The van der Waals surface area contributed by atoms with Gasteiger partial charge in [0, 0.05) is 36.7 Å². The number of hydrogen-bond donors (Lipinski definition) is 0. The van der Waals surface area contributed by atoms with Crippen molar-refractivity contribution in [2.45, 2.75) is 16.2 Å². The summed E-state index contributed by atoms with van der Waals surface area (Å²) in [5.74, 6) is 0.668. The molecular weight excluding hydrogens is 356 g/mol. The fourth-order valence-corrected chi connectivity index (χ4v) is 3.95. The Hall–Kier alpha value is -1.40. The maximum atomic E-state index is 7.55. The molecule has 0 amide bonds. The van der Waals surface area contributed by atoms with Crippen molar-refractivity contribution < 1.29 is 17.7 Å². The van der Waals surface area contributed by atoms with Gasteiger partial charge in [0.2, 0.25) is 0 Å². The number of fused-ring (bicyclic) bond motifs is 2. The number of ether oxygens (including phenoxy) is 2. The number of nitrogens with zero attached hydrogens (tertiary/aromatic N) is 2. The third kappa shape index (κ3) is 4.42. The molecular formula is C19H23ClN2O2S. The van der Waals surface area contributed by atoms with Gasteiger partial charge < -0.3 is 19.3 Å². The van der Waals surface area contributed by atoms with Gasteiger partial charge >= 0.3 is 0 Å². The molecule has 0 aliphatic carbocycles. The van der Waals surface area contributed by atoms with Crippen molar-refractivity contribution in [3.63, 3.8) is 0 Å². The predicted octanol–water partition coefficient (Wildman–Crippen LogP) is 4.88. The molecule has 0 aromatic heterocycles. The molecule has 0 unspecified atom stereocenters. The van der Waals surface area contributed by atoms with Crippen molar-refractivity contribution in [3.05, 3.63) is 41.4 Å². The van der Waals surface area contributed by atoms with Crippen molar-refractivity contribution in [1.29, 1.82) is 0 Å². The molecule has 6 heteroatoms. The van der Waals surface area contributed by atoms with Crippen LogP contribution in [0.5, 0.6) is 5.75 Å². The van der Waals surface area contributed by atoms with E-state index in [0.29, 0.717) is 28.6 Å². The van der Waals surface area contributed by atoms with E-state index in [1.54, 1.807) is 18.9 Å². The van der Waals surface area contributed by atoms with Crippen LogP contribution < -0.4 is 9.64 Å². The van der Waals surface area contributed by atoms with E-state index in [1.807, 2.05) is 41.3 Å². The Bertz CT molecular complexity index is 911. The SMILES string of the molecule is [2H]C([2H])([2H])N(CCCN1c2ccc(OCOC)cc2Sc2ccc(Cl)cc21)C([2H])([2H])[2H]. The van der Waals surface area contributed by atoms with Crippen LogP contribution in [0.25, 0.3) is 0 Å². The largest absolute Gasteiger partial charge is 0.468 e. The van der Waals surface area contributed by atoms with Crippen LogP contribution in [0.3, 0.4) is 0 Å². The van der Waals surface area contributed by atoms with Crippen LogP contribution >= 0.6 is 23.4 Å². The summed E-state index contributed by atoms with van der Waals surface area (Å²) in [5, 5.41) is 0.583. The van der Waals surface area contributed by atoms with Gasteiger partial charge in [0.15, 0.2) is 6.79 Å². The van der Waals surface area contributed by atoms with Crippen LogP contribution in [-0.4, -0.2) is 45.8 Å². The minimum Gasteiger partial charge on any atom is -0.468 e. The highest BCUT2D eigenvalue weighted by Gasteiger charge is 2.24. The smallest absolute Gasteiger partial charge is 0.188 e. The first kappa shape index (κ1) is 12.1. The van der Waals surface area contributed by atoms with Crippen molar-refractivity contribution in [2.75, 3.05) is 45.8 Å². The summed E-state index contributed by atoms with van der Waals surface area (Å²) in [5.41, 5.74) is 1.81. The minimum atomic E-state index is -2.70. The lowest BCUT2D eigenvalue weighted by molar-refractivity contribution is 0.0510. The minimum absolute atomic E-state index is 0.100. The molecule has 4 nitrogen and oxygen atoms in total. The molecule has 0 spiro atoms. The Morgan fingerprint density at radius 3 is 2.84 bits per heavy atom. The number of rotatable bonds is 7. The van der Waals surface area contributed by atoms with Crippen LogP contribution in [0, 0.1) is 0 Å².